The zero-order valence-electron chi connectivity index (χ0n) is 11.2. The second-order valence-electron chi connectivity index (χ2n) is 4.81. The summed E-state index contributed by atoms with van der Waals surface area (Å²) in [5, 5.41) is 2.67. The number of hydrogen-bond donors (Lipinski definition) is 1. The Bertz CT molecular complexity index is 514. The van der Waals surface area contributed by atoms with Crippen LogP contribution in [-0.4, -0.2) is 18.0 Å². The van der Waals surface area contributed by atoms with Crippen molar-refractivity contribution in [2.75, 3.05) is 0 Å². The lowest BCUT2D eigenvalue weighted by Crippen LogP contribution is -2.34. The molecular formula is C14H17NO4. The Kier molecular flexibility index (Phi) is 3.74. The van der Waals surface area contributed by atoms with Crippen LogP contribution >= 0.6 is 0 Å². The van der Waals surface area contributed by atoms with Crippen molar-refractivity contribution in [2.24, 2.45) is 0 Å². The van der Waals surface area contributed by atoms with Crippen molar-refractivity contribution in [3.63, 3.8) is 0 Å². The highest BCUT2D eigenvalue weighted by Crippen LogP contribution is 2.33. The van der Waals surface area contributed by atoms with Crippen molar-refractivity contribution in [2.45, 2.75) is 39.2 Å². The second-order valence-corrected chi connectivity index (χ2v) is 4.81. The van der Waals surface area contributed by atoms with Gasteiger partial charge in [0.1, 0.15) is 5.76 Å². The zero-order valence-corrected chi connectivity index (χ0v) is 11.2. The van der Waals surface area contributed by atoms with Crippen molar-refractivity contribution >= 4 is 11.9 Å². The molecule has 19 heavy (non-hydrogen) atoms. The molecule has 1 N–H and O–H groups in total. The zero-order chi connectivity index (χ0) is 14.0. The number of furan rings is 1. The molecule has 0 spiro atoms. The first-order chi connectivity index (χ1) is 8.99. The van der Waals surface area contributed by atoms with Gasteiger partial charge < -0.3 is 14.5 Å². The molecule has 0 aromatic carbocycles. The Morgan fingerprint density at radius 1 is 1.53 bits per heavy atom. The summed E-state index contributed by atoms with van der Waals surface area (Å²) in [5.41, 5.74) is 0.992. The van der Waals surface area contributed by atoms with Gasteiger partial charge in [-0.3, -0.25) is 4.79 Å². The number of carbonyl (C=O) groups is 2. The molecule has 0 saturated heterocycles. The van der Waals surface area contributed by atoms with Crippen molar-refractivity contribution in [1.29, 1.82) is 0 Å². The van der Waals surface area contributed by atoms with E-state index in [4.69, 9.17) is 9.15 Å². The predicted molar refractivity (Wildman–Crippen MR) is 68.1 cm³/mol. The molecule has 0 radical (unpaired) electrons. The van der Waals surface area contributed by atoms with Crippen LogP contribution in [0, 0.1) is 0 Å². The van der Waals surface area contributed by atoms with Crippen molar-refractivity contribution in [3.05, 3.63) is 35.4 Å². The molecule has 0 saturated carbocycles. The van der Waals surface area contributed by atoms with Crippen LogP contribution in [0.25, 0.3) is 0 Å². The van der Waals surface area contributed by atoms with Crippen molar-refractivity contribution in [3.8, 4) is 0 Å². The fraction of sp³-hybridized carbons (Fsp3) is 0.429. The normalized spacial score (nSPS) is 19.6. The van der Waals surface area contributed by atoms with E-state index < -0.39 is 5.97 Å². The molecule has 5 heteroatoms. The van der Waals surface area contributed by atoms with Crippen LogP contribution in [0.15, 0.2) is 34.1 Å². The summed E-state index contributed by atoms with van der Waals surface area (Å²) in [7, 11) is 0. The van der Waals surface area contributed by atoms with E-state index in [1.165, 1.54) is 6.26 Å². The summed E-state index contributed by atoms with van der Waals surface area (Å²) in [5.74, 6) is -0.311. The Balaban J connectivity index is 2.36. The molecular weight excluding hydrogens is 246 g/mol. The molecule has 1 aromatic heterocycles. The quantitative estimate of drug-likeness (QED) is 0.848. The van der Waals surface area contributed by atoms with Crippen LogP contribution in [0.2, 0.25) is 0 Å². The van der Waals surface area contributed by atoms with E-state index in [-0.39, 0.29) is 24.3 Å². The van der Waals surface area contributed by atoms with Gasteiger partial charge in [0.05, 0.1) is 23.9 Å². The fourth-order valence-corrected chi connectivity index (χ4v) is 2.18. The van der Waals surface area contributed by atoms with Crippen molar-refractivity contribution < 1.29 is 18.7 Å². The number of nitrogens with one attached hydrogen (secondary N) is 1. The van der Waals surface area contributed by atoms with Crippen LogP contribution in [0.5, 0.6) is 0 Å². The molecule has 2 heterocycles. The lowest BCUT2D eigenvalue weighted by atomic mass is 9.88. The first kappa shape index (κ1) is 13.4. The SMILES string of the molecule is CC1=C(C(=O)OC(C)C)C(c2ccco2)CC(=O)N1. The summed E-state index contributed by atoms with van der Waals surface area (Å²) in [4.78, 5) is 23.8. The molecule has 1 aliphatic heterocycles. The minimum atomic E-state index is -0.408. The number of ether oxygens (including phenoxy) is 1. The minimum Gasteiger partial charge on any atom is -0.469 e. The maximum absolute atomic E-state index is 12.2. The largest absolute Gasteiger partial charge is 0.469 e. The number of carbonyl (C=O) groups excluding carboxylic acids is 2. The maximum atomic E-state index is 12.2. The fourth-order valence-electron chi connectivity index (χ4n) is 2.18. The van der Waals surface area contributed by atoms with Crippen LogP contribution in [0.4, 0.5) is 0 Å². The predicted octanol–water partition coefficient (Wildman–Crippen LogP) is 2.11. The van der Waals surface area contributed by atoms with Crippen LogP contribution in [0.1, 0.15) is 38.9 Å². The van der Waals surface area contributed by atoms with E-state index in [1.807, 2.05) is 0 Å². The van der Waals surface area contributed by atoms with Gasteiger partial charge in [-0.1, -0.05) is 0 Å². The average Bonchev–Trinajstić information content (AvgIpc) is 2.79. The van der Waals surface area contributed by atoms with Gasteiger partial charge in [0.15, 0.2) is 0 Å². The van der Waals surface area contributed by atoms with Gasteiger partial charge in [-0.05, 0) is 32.9 Å². The minimum absolute atomic E-state index is 0.125. The number of rotatable bonds is 3. The van der Waals surface area contributed by atoms with Gasteiger partial charge in [-0.15, -0.1) is 0 Å². The first-order valence-electron chi connectivity index (χ1n) is 6.24. The highest BCUT2D eigenvalue weighted by Gasteiger charge is 2.34. The van der Waals surface area contributed by atoms with E-state index in [9.17, 15) is 9.59 Å². The van der Waals surface area contributed by atoms with Gasteiger partial charge in [-0.25, -0.2) is 4.79 Å². The van der Waals surface area contributed by atoms with E-state index in [2.05, 4.69) is 5.32 Å². The molecule has 5 nitrogen and oxygen atoms in total. The molecule has 0 aliphatic carbocycles. The lowest BCUT2D eigenvalue weighted by Gasteiger charge is -2.25. The molecule has 0 bridgehead atoms. The number of esters is 1. The second kappa shape index (κ2) is 5.30. The first-order valence-corrected chi connectivity index (χ1v) is 6.24. The average molecular weight is 263 g/mol. The van der Waals surface area contributed by atoms with E-state index in [0.717, 1.165) is 0 Å². The number of hydrogen-bond acceptors (Lipinski definition) is 4. The summed E-state index contributed by atoms with van der Waals surface area (Å²) < 4.78 is 10.6. The molecule has 2 rings (SSSR count). The third-order valence-electron chi connectivity index (χ3n) is 2.92. The Labute approximate surface area is 111 Å². The van der Waals surface area contributed by atoms with Gasteiger partial charge >= 0.3 is 5.97 Å². The monoisotopic (exact) mass is 263 g/mol. The van der Waals surface area contributed by atoms with Gasteiger partial charge in [0, 0.05) is 12.1 Å². The Morgan fingerprint density at radius 2 is 2.26 bits per heavy atom. The van der Waals surface area contributed by atoms with Crippen LogP contribution in [-0.2, 0) is 14.3 Å². The highest BCUT2D eigenvalue weighted by molar-refractivity contribution is 5.95. The van der Waals surface area contributed by atoms with Crippen LogP contribution < -0.4 is 5.32 Å². The third kappa shape index (κ3) is 2.86. The smallest absolute Gasteiger partial charge is 0.336 e. The summed E-state index contributed by atoms with van der Waals surface area (Å²) >= 11 is 0. The summed E-state index contributed by atoms with van der Waals surface area (Å²) in [6.07, 6.45) is 1.51. The summed E-state index contributed by atoms with van der Waals surface area (Å²) in [6.45, 7) is 5.28. The van der Waals surface area contributed by atoms with Crippen molar-refractivity contribution in [1.82, 2.24) is 5.32 Å². The summed E-state index contributed by atoms with van der Waals surface area (Å²) in [6, 6.07) is 3.50. The van der Waals surface area contributed by atoms with Gasteiger partial charge in [0.25, 0.3) is 0 Å². The standard InChI is InChI=1S/C14H17NO4/c1-8(2)19-14(17)13-9(3)15-12(16)7-10(13)11-5-4-6-18-11/h4-6,8,10H,7H2,1-3H3,(H,15,16). The molecule has 1 amide bonds. The molecule has 1 unspecified atom stereocenters. The number of allylic oxidation sites excluding steroid dienone is 1. The highest BCUT2D eigenvalue weighted by atomic mass is 16.5. The molecule has 1 aromatic rings. The Morgan fingerprint density at radius 3 is 2.84 bits per heavy atom. The van der Waals surface area contributed by atoms with E-state index in [1.54, 1.807) is 32.9 Å². The van der Waals surface area contributed by atoms with Gasteiger partial charge in [0.2, 0.25) is 5.91 Å². The molecule has 1 aliphatic rings. The third-order valence-corrected chi connectivity index (χ3v) is 2.92. The Hall–Kier alpha value is -2.04. The maximum Gasteiger partial charge on any atom is 0.336 e. The van der Waals surface area contributed by atoms with E-state index >= 15 is 0 Å². The van der Waals surface area contributed by atoms with E-state index in [0.29, 0.717) is 17.0 Å². The number of amides is 1. The molecule has 1 atom stereocenters. The molecule has 102 valence electrons. The molecule has 0 fully saturated rings. The topological polar surface area (TPSA) is 68.5 Å². The van der Waals surface area contributed by atoms with Crippen LogP contribution in [0.3, 0.4) is 0 Å². The lowest BCUT2D eigenvalue weighted by molar-refractivity contribution is -0.143. The van der Waals surface area contributed by atoms with Gasteiger partial charge in [-0.2, -0.15) is 0 Å².